The zero-order valence-electron chi connectivity index (χ0n) is 18.5. The fourth-order valence-corrected chi connectivity index (χ4v) is 3.94. The molecular formula is C28H22N2O4. The van der Waals surface area contributed by atoms with Crippen LogP contribution in [0.4, 0.5) is 5.69 Å². The summed E-state index contributed by atoms with van der Waals surface area (Å²) in [6.07, 6.45) is -0.591. The highest BCUT2D eigenvalue weighted by molar-refractivity contribution is 6.10. The van der Waals surface area contributed by atoms with Gasteiger partial charge in [0.05, 0.1) is 5.56 Å². The van der Waals surface area contributed by atoms with E-state index in [4.69, 9.17) is 9.15 Å². The SMILES string of the molecule is CCC(OC(=O)c1cccc2cccc(-c3nc4ccccc4o3)c12)C(=O)Nc1ccccc1. The van der Waals surface area contributed by atoms with Crippen molar-refractivity contribution in [3.05, 3.63) is 96.6 Å². The summed E-state index contributed by atoms with van der Waals surface area (Å²) in [4.78, 5) is 30.6. The predicted octanol–water partition coefficient (Wildman–Crippen LogP) is 6.22. The van der Waals surface area contributed by atoms with Gasteiger partial charge < -0.3 is 14.5 Å². The molecule has 0 saturated heterocycles. The third-order valence-corrected chi connectivity index (χ3v) is 5.60. The van der Waals surface area contributed by atoms with Crippen LogP contribution in [0.15, 0.2) is 95.4 Å². The fourth-order valence-electron chi connectivity index (χ4n) is 3.94. The Morgan fingerprint density at radius 1 is 0.912 bits per heavy atom. The lowest BCUT2D eigenvalue weighted by Crippen LogP contribution is -2.32. The van der Waals surface area contributed by atoms with Gasteiger partial charge in [-0.1, -0.05) is 61.5 Å². The van der Waals surface area contributed by atoms with Gasteiger partial charge >= 0.3 is 5.97 Å². The average Bonchev–Trinajstić information content (AvgIpc) is 3.31. The first-order chi connectivity index (χ1) is 16.6. The van der Waals surface area contributed by atoms with E-state index < -0.39 is 12.1 Å². The minimum absolute atomic E-state index is 0.340. The van der Waals surface area contributed by atoms with Gasteiger partial charge in [-0.3, -0.25) is 4.79 Å². The van der Waals surface area contributed by atoms with Crippen LogP contribution in [-0.2, 0) is 9.53 Å². The summed E-state index contributed by atoms with van der Waals surface area (Å²) >= 11 is 0. The number of nitrogens with one attached hydrogen (secondary N) is 1. The second-order valence-electron chi connectivity index (χ2n) is 7.85. The van der Waals surface area contributed by atoms with Crippen molar-refractivity contribution in [1.82, 2.24) is 4.98 Å². The van der Waals surface area contributed by atoms with Crippen LogP contribution in [0.5, 0.6) is 0 Å². The van der Waals surface area contributed by atoms with E-state index in [0.717, 1.165) is 10.9 Å². The molecular weight excluding hydrogens is 428 g/mol. The minimum atomic E-state index is -0.931. The molecule has 34 heavy (non-hydrogen) atoms. The lowest BCUT2D eigenvalue weighted by Gasteiger charge is -2.17. The molecule has 1 N–H and O–H groups in total. The molecule has 0 spiro atoms. The van der Waals surface area contributed by atoms with Crippen molar-refractivity contribution in [3.63, 3.8) is 0 Å². The number of ether oxygens (including phenoxy) is 1. The topological polar surface area (TPSA) is 81.4 Å². The normalized spacial score (nSPS) is 11.9. The fraction of sp³-hybridized carbons (Fsp3) is 0.107. The van der Waals surface area contributed by atoms with Crippen molar-refractivity contribution in [2.24, 2.45) is 0 Å². The van der Waals surface area contributed by atoms with Crippen LogP contribution in [0.25, 0.3) is 33.3 Å². The van der Waals surface area contributed by atoms with E-state index in [9.17, 15) is 9.59 Å². The lowest BCUT2D eigenvalue weighted by atomic mass is 9.99. The number of esters is 1. The summed E-state index contributed by atoms with van der Waals surface area (Å²) in [6, 6.07) is 27.7. The molecule has 1 amide bonds. The predicted molar refractivity (Wildman–Crippen MR) is 132 cm³/mol. The molecule has 1 unspecified atom stereocenters. The van der Waals surface area contributed by atoms with Crippen molar-refractivity contribution in [2.45, 2.75) is 19.4 Å². The number of hydrogen-bond donors (Lipinski definition) is 1. The monoisotopic (exact) mass is 450 g/mol. The molecule has 0 aliphatic rings. The Labute approximate surface area is 196 Å². The van der Waals surface area contributed by atoms with Crippen LogP contribution in [0.1, 0.15) is 23.7 Å². The number of rotatable bonds is 6. The number of carbonyl (C=O) groups excluding carboxylic acids is 2. The molecule has 0 saturated carbocycles. The number of nitrogens with zero attached hydrogens (tertiary/aromatic N) is 1. The number of anilines is 1. The van der Waals surface area contributed by atoms with Crippen molar-refractivity contribution < 1.29 is 18.7 Å². The van der Waals surface area contributed by atoms with Crippen LogP contribution < -0.4 is 5.32 Å². The van der Waals surface area contributed by atoms with Crippen LogP contribution in [0.2, 0.25) is 0 Å². The van der Waals surface area contributed by atoms with Crippen molar-refractivity contribution in [1.29, 1.82) is 0 Å². The highest BCUT2D eigenvalue weighted by atomic mass is 16.5. The van der Waals surface area contributed by atoms with E-state index in [1.54, 1.807) is 31.2 Å². The summed E-state index contributed by atoms with van der Waals surface area (Å²) in [6.45, 7) is 1.80. The van der Waals surface area contributed by atoms with E-state index >= 15 is 0 Å². The molecule has 5 rings (SSSR count). The van der Waals surface area contributed by atoms with Crippen LogP contribution >= 0.6 is 0 Å². The van der Waals surface area contributed by atoms with Crippen molar-refractivity contribution in [2.75, 3.05) is 5.32 Å². The minimum Gasteiger partial charge on any atom is -0.449 e. The quantitative estimate of drug-likeness (QED) is 0.311. The number of para-hydroxylation sites is 3. The number of hydrogen-bond acceptors (Lipinski definition) is 5. The molecule has 4 aromatic carbocycles. The number of oxazole rings is 1. The number of benzene rings is 4. The number of carbonyl (C=O) groups is 2. The molecule has 0 aliphatic carbocycles. The first kappa shape index (κ1) is 21.4. The van der Waals surface area contributed by atoms with E-state index in [1.807, 2.05) is 66.7 Å². The van der Waals surface area contributed by atoms with Gasteiger partial charge in [0, 0.05) is 16.6 Å². The van der Waals surface area contributed by atoms with Gasteiger partial charge in [0.15, 0.2) is 11.7 Å². The Morgan fingerprint density at radius 3 is 2.41 bits per heavy atom. The molecule has 6 heteroatoms. The molecule has 0 radical (unpaired) electrons. The summed E-state index contributed by atoms with van der Waals surface area (Å²) < 4.78 is 11.7. The Kier molecular flexibility index (Phi) is 5.79. The summed E-state index contributed by atoms with van der Waals surface area (Å²) in [5.74, 6) is -0.536. The van der Waals surface area contributed by atoms with Gasteiger partial charge in [-0.05, 0) is 48.2 Å². The summed E-state index contributed by atoms with van der Waals surface area (Å²) in [7, 11) is 0. The molecule has 5 aromatic rings. The highest BCUT2D eigenvalue weighted by Gasteiger charge is 2.24. The van der Waals surface area contributed by atoms with Gasteiger partial charge in [-0.25, -0.2) is 9.78 Å². The zero-order chi connectivity index (χ0) is 23.5. The zero-order valence-corrected chi connectivity index (χ0v) is 18.5. The maximum Gasteiger partial charge on any atom is 0.339 e. The smallest absolute Gasteiger partial charge is 0.339 e. The van der Waals surface area contributed by atoms with Crippen molar-refractivity contribution in [3.8, 4) is 11.5 Å². The first-order valence-electron chi connectivity index (χ1n) is 11.1. The van der Waals surface area contributed by atoms with E-state index in [1.165, 1.54) is 0 Å². The van der Waals surface area contributed by atoms with Gasteiger partial charge in [0.1, 0.15) is 5.52 Å². The molecule has 6 nitrogen and oxygen atoms in total. The maximum absolute atomic E-state index is 13.3. The Hall–Kier alpha value is -4.45. The lowest BCUT2D eigenvalue weighted by molar-refractivity contribution is -0.124. The maximum atomic E-state index is 13.3. The Morgan fingerprint density at radius 2 is 1.65 bits per heavy atom. The Balaban J connectivity index is 1.49. The first-order valence-corrected chi connectivity index (χ1v) is 11.1. The molecule has 0 aliphatic heterocycles. The second kappa shape index (κ2) is 9.19. The molecule has 1 atom stereocenters. The largest absolute Gasteiger partial charge is 0.449 e. The van der Waals surface area contributed by atoms with Gasteiger partial charge in [0.25, 0.3) is 5.91 Å². The molecule has 1 aromatic heterocycles. The Bertz CT molecular complexity index is 1450. The number of amides is 1. The molecule has 0 fully saturated rings. The van der Waals surface area contributed by atoms with Crippen LogP contribution in [0.3, 0.4) is 0 Å². The molecule has 168 valence electrons. The third-order valence-electron chi connectivity index (χ3n) is 5.60. The van der Waals surface area contributed by atoms with E-state index in [2.05, 4.69) is 10.3 Å². The van der Waals surface area contributed by atoms with Crippen LogP contribution in [0, 0.1) is 0 Å². The summed E-state index contributed by atoms with van der Waals surface area (Å²) in [5.41, 5.74) is 3.08. The van der Waals surface area contributed by atoms with Crippen molar-refractivity contribution >= 4 is 39.4 Å². The van der Waals surface area contributed by atoms with Crippen LogP contribution in [-0.4, -0.2) is 23.0 Å². The summed E-state index contributed by atoms with van der Waals surface area (Å²) in [5, 5.41) is 4.31. The van der Waals surface area contributed by atoms with E-state index in [-0.39, 0.29) is 5.91 Å². The third kappa shape index (κ3) is 4.13. The molecule has 0 bridgehead atoms. The second-order valence-corrected chi connectivity index (χ2v) is 7.85. The highest BCUT2D eigenvalue weighted by Crippen LogP contribution is 2.33. The molecule has 1 heterocycles. The van der Waals surface area contributed by atoms with Gasteiger partial charge in [0.2, 0.25) is 5.89 Å². The number of aromatic nitrogens is 1. The van der Waals surface area contributed by atoms with Gasteiger partial charge in [-0.15, -0.1) is 0 Å². The van der Waals surface area contributed by atoms with E-state index in [0.29, 0.717) is 40.1 Å². The number of fused-ring (bicyclic) bond motifs is 2. The average molecular weight is 450 g/mol. The van der Waals surface area contributed by atoms with Gasteiger partial charge in [-0.2, -0.15) is 0 Å². The standard InChI is InChI=1S/C28H22N2O4/c1-2-23(26(31)29-19-12-4-3-5-13-19)34-28(32)21-15-9-11-18-10-8-14-20(25(18)21)27-30-22-16-6-7-17-24(22)33-27/h3-17,23H,2H2,1H3,(H,29,31).